The molecule has 0 aromatic heterocycles. The predicted molar refractivity (Wildman–Crippen MR) is 95.1 cm³/mol. The molecule has 0 heterocycles. The van der Waals surface area contributed by atoms with E-state index in [4.69, 9.17) is 11.6 Å². The molecule has 2 rings (SSSR count). The molecule has 3 nitrogen and oxygen atoms in total. The van der Waals surface area contributed by atoms with E-state index in [0.29, 0.717) is 10.7 Å². The summed E-state index contributed by atoms with van der Waals surface area (Å²) in [6.45, 7) is 5.75. The molecule has 0 aliphatic carbocycles. The van der Waals surface area contributed by atoms with Crippen molar-refractivity contribution in [2.24, 2.45) is 0 Å². The molecule has 0 saturated heterocycles. The van der Waals surface area contributed by atoms with E-state index >= 15 is 0 Å². The maximum Gasteiger partial charge on any atom is 0.264 e. The summed E-state index contributed by atoms with van der Waals surface area (Å²) in [6.07, 6.45) is 1.56. The van der Waals surface area contributed by atoms with Crippen molar-refractivity contribution in [1.29, 1.82) is 0 Å². The standard InChI is InChI=1S/C16H15BrClNO2S/c1-3-10-19(14-6-9-16(17)12(2)11-14)22(20,21)15-7-4-13(18)5-8-15/h3-9,11H,1,10H2,2H3. The van der Waals surface area contributed by atoms with Gasteiger partial charge in [0.05, 0.1) is 17.1 Å². The van der Waals surface area contributed by atoms with Gasteiger partial charge in [0.15, 0.2) is 0 Å². The van der Waals surface area contributed by atoms with Crippen molar-refractivity contribution in [2.75, 3.05) is 10.8 Å². The van der Waals surface area contributed by atoms with Crippen LogP contribution in [0.25, 0.3) is 0 Å². The van der Waals surface area contributed by atoms with Crippen molar-refractivity contribution in [2.45, 2.75) is 11.8 Å². The zero-order valence-corrected chi connectivity index (χ0v) is 15.1. The molecular weight excluding hydrogens is 386 g/mol. The molecule has 0 amide bonds. The van der Waals surface area contributed by atoms with E-state index in [1.54, 1.807) is 24.3 Å². The third-order valence-corrected chi connectivity index (χ3v) is 6.08. The summed E-state index contributed by atoms with van der Waals surface area (Å²) in [6, 6.07) is 11.5. The molecule has 6 heteroatoms. The lowest BCUT2D eigenvalue weighted by Crippen LogP contribution is -2.31. The van der Waals surface area contributed by atoms with Gasteiger partial charge in [-0.3, -0.25) is 4.31 Å². The highest BCUT2D eigenvalue weighted by molar-refractivity contribution is 9.10. The Hall–Kier alpha value is -1.30. The van der Waals surface area contributed by atoms with Crippen molar-refractivity contribution in [3.8, 4) is 0 Å². The van der Waals surface area contributed by atoms with E-state index in [1.807, 2.05) is 19.1 Å². The molecule has 0 atom stereocenters. The van der Waals surface area contributed by atoms with Crippen LogP contribution in [0.1, 0.15) is 5.56 Å². The number of nitrogens with zero attached hydrogens (tertiary/aromatic N) is 1. The average Bonchev–Trinajstić information content (AvgIpc) is 2.48. The van der Waals surface area contributed by atoms with E-state index < -0.39 is 10.0 Å². The summed E-state index contributed by atoms with van der Waals surface area (Å²) >= 11 is 9.25. The van der Waals surface area contributed by atoms with E-state index in [-0.39, 0.29) is 11.4 Å². The zero-order chi connectivity index (χ0) is 16.3. The first kappa shape index (κ1) is 17.1. The van der Waals surface area contributed by atoms with E-state index in [9.17, 15) is 8.42 Å². The van der Waals surface area contributed by atoms with Gasteiger partial charge in [0.1, 0.15) is 0 Å². The number of rotatable bonds is 5. The van der Waals surface area contributed by atoms with Crippen LogP contribution < -0.4 is 4.31 Å². The fraction of sp³-hybridized carbons (Fsp3) is 0.125. The van der Waals surface area contributed by atoms with Crippen LogP contribution in [-0.2, 0) is 10.0 Å². The summed E-state index contributed by atoms with van der Waals surface area (Å²) in [5, 5.41) is 0.494. The lowest BCUT2D eigenvalue weighted by molar-refractivity contribution is 0.593. The van der Waals surface area contributed by atoms with E-state index in [2.05, 4.69) is 22.5 Å². The largest absolute Gasteiger partial charge is 0.264 e. The Morgan fingerprint density at radius 2 is 1.86 bits per heavy atom. The second kappa shape index (κ2) is 6.86. The Bertz CT molecular complexity index is 788. The van der Waals surface area contributed by atoms with Gasteiger partial charge in [-0.05, 0) is 55.0 Å². The second-order valence-electron chi connectivity index (χ2n) is 4.71. The van der Waals surface area contributed by atoms with Gasteiger partial charge in [0, 0.05) is 9.50 Å². The quantitative estimate of drug-likeness (QED) is 0.677. The molecule has 0 radical (unpaired) electrons. The molecule has 2 aromatic rings. The van der Waals surface area contributed by atoms with Gasteiger partial charge < -0.3 is 0 Å². The van der Waals surface area contributed by atoms with Gasteiger partial charge in [-0.15, -0.1) is 6.58 Å². The highest BCUT2D eigenvalue weighted by Crippen LogP contribution is 2.28. The van der Waals surface area contributed by atoms with Crippen LogP contribution in [0.3, 0.4) is 0 Å². The summed E-state index contributed by atoms with van der Waals surface area (Å²) in [7, 11) is -3.67. The van der Waals surface area contributed by atoms with Gasteiger partial charge in [-0.1, -0.05) is 33.6 Å². The number of benzene rings is 2. The summed E-state index contributed by atoms with van der Waals surface area (Å²) in [5.74, 6) is 0. The fourth-order valence-electron chi connectivity index (χ4n) is 1.98. The van der Waals surface area contributed by atoms with Gasteiger partial charge >= 0.3 is 0 Å². The van der Waals surface area contributed by atoms with Crippen LogP contribution in [0.4, 0.5) is 5.69 Å². The van der Waals surface area contributed by atoms with Crippen molar-refractivity contribution in [3.63, 3.8) is 0 Å². The minimum absolute atomic E-state index is 0.187. The van der Waals surface area contributed by atoms with Crippen LogP contribution in [0.5, 0.6) is 0 Å². The smallest absolute Gasteiger partial charge is 0.263 e. The van der Waals surface area contributed by atoms with E-state index in [1.165, 1.54) is 16.4 Å². The molecule has 0 bridgehead atoms. The maximum atomic E-state index is 12.9. The number of halogens is 2. The Morgan fingerprint density at radius 1 is 1.23 bits per heavy atom. The first-order valence-electron chi connectivity index (χ1n) is 6.51. The highest BCUT2D eigenvalue weighted by atomic mass is 79.9. The lowest BCUT2D eigenvalue weighted by atomic mass is 10.2. The van der Waals surface area contributed by atoms with Crippen LogP contribution >= 0.6 is 27.5 Å². The van der Waals surface area contributed by atoms with Gasteiger partial charge in [-0.25, -0.2) is 8.42 Å². The van der Waals surface area contributed by atoms with Gasteiger partial charge in [-0.2, -0.15) is 0 Å². The van der Waals surface area contributed by atoms with Crippen molar-refractivity contribution in [3.05, 3.63) is 70.2 Å². The minimum Gasteiger partial charge on any atom is -0.263 e. The molecule has 0 aliphatic rings. The number of hydrogen-bond acceptors (Lipinski definition) is 2. The molecule has 0 fully saturated rings. The molecular formula is C16H15BrClNO2S. The number of anilines is 1. The van der Waals surface area contributed by atoms with Gasteiger partial charge in [0.2, 0.25) is 0 Å². The van der Waals surface area contributed by atoms with Crippen molar-refractivity contribution < 1.29 is 8.42 Å². The Kier molecular flexibility index (Phi) is 5.32. The Balaban J connectivity index is 2.52. The number of aryl methyl sites for hydroxylation is 1. The SMILES string of the molecule is C=CCN(c1ccc(Br)c(C)c1)S(=O)(=O)c1ccc(Cl)cc1. The molecule has 22 heavy (non-hydrogen) atoms. The number of hydrogen-bond donors (Lipinski definition) is 0. The first-order valence-corrected chi connectivity index (χ1v) is 9.12. The van der Waals surface area contributed by atoms with E-state index in [0.717, 1.165) is 10.0 Å². The third kappa shape index (κ3) is 3.54. The summed E-state index contributed by atoms with van der Waals surface area (Å²) < 4.78 is 28.0. The average molecular weight is 401 g/mol. The second-order valence-corrected chi connectivity index (χ2v) is 7.87. The monoisotopic (exact) mass is 399 g/mol. The topological polar surface area (TPSA) is 37.4 Å². The number of sulfonamides is 1. The van der Waals surface area contributed by atoms with Crippen molar-refractivity contribution in [1.82, 2.24) is 0 Å². The maximum absolute atomic E-state index is 12.9. The fourth-order valence-corrected chi connectivity index (χ4v) is 3.78. The Morgan fingerprint density at radius 3 is 2.41 bits per heavy atom. The minimum atomic E-state index is -3.67. The predicted octanol–water partition coefficient (Wildman–Crippen LogP) is 4.79. The zero-order valence-electron chi connectivity index (χ0n) is 12.0. The van der Waals surface area contributed by atoms with Crippen molar-refractivity contribution >= 4 is 43.2 Å². The Labute approximate surface area is 144 Å². The van der Waals surface area contributed by atoms with Crippen LogP contribution in [0.15, 0.2) is 64.5 Å². The van der Waals surface area contributed by atoms with Crippen LogP contribution in [0, 0.1) is 6.92 Å². The van der Waals surface area contributed by atoms with Crippen LogP contribution in [-0.4, -0.2) is 15.0 Å². The lowest BCUT2D eigenvalue weighted by Gasteiger charge is -2.23. The molecule has 0 aliphatic heterocycles. The molecule has 0 spiro atoms. The van der Waals surface area contributed by atoms with Gasteiger partial charge in [0.25, 0.3) is 10.0 Å². The highest BCUT2D eigenvalue weighted by Gasteiger charge is 2.24. The first-order chi connectivity index (χ1) is 10.4. The molecule has 0 N–H and O–H groups in total. The third-order valence-electron chi connectivity index (χ3n) is 3.13. The molecule has 2 aromatic carbocycles. The summed E-state index contributed by atoms with van der Waals surface area (Å²) in [5.41, 5.74) is 1.55. The summed E-state index contributed by atoms with van der Waals surface area (Å²) in [4.78, 5) is 0.194. The normalized spacial score (nSPS) is 11.2. The molecule has 0 unspecified atom stereocenters. The molecule has 0 saturated carbocycles. The molecule has 116 valence electrons. The van der Waals surface area contributed by atoms with Crippen LogP contribution in [0.2, 0.25) is 5.02 Å².